The first-order chi connectivity index (χ1) is 17.6. The van der Waals surface area contributed by atoms with E-state index in [1.165, 1.54) is 25.0 Å². The van der Waals surface area contributed by atoms with Crippen molar-refractivity contribution in [3.63, 3.8) is 0 Å². The Labute approximate surface area is 215 Å². The molecule has 196 valence electrons. The molecular formula is C27H32N4O6. The fourth-order valence-corrected chi connectivity index (χ4v) is 4.28. The van der Waals surface area contributed by atoms with Crippen LogP contribution in [0.25, 0.3) is 0 Å². The lowest BCUT2D eigenvalue weighted by Crippen LogP contribution is -2.52. The van der Waals surface area contributed by atoms with Gasteiger partial charge in [-0.15, -0.1) is 0 Å². The number of fused-ring (bicyclic) bond motifs is 1. The van der Waals surface area contributed by atoms with Crippen LogP contribution in [0, 0.1) is 5.92 Å². The van der Waals surface area contributed by atoms with E-state index in [1.54, 1.807) is 36.4 Å². The number of hydrogen-bond acceptors (Lipinski definition) is 6. The van der Waals surface area contributed by atoms with E-state index in [0.29, 0.717) is 23.4 Å². The van der Waals surface area contributed by atoms with Crippen molar-refractivity contribution in [1.82, 2.24) is 10.2 Å². The summed E-state index contributed by atoms with van der Waals surface area (Å²) in [7, 11) is 1.27. The number of benzene rings is 2. The Morgan fingerprint density at radius 2 is 1.81 bits per heavy atom. The van der Waals surface area contributed by atoms with Crippen molar-refractivity contribution < 1.29 is 28.7 Å². The second-order valence-electron chi connectivity index (χ2n) is 9.01. The van der Waals surface area contributed by atoms with Crippen LogP contribution >= 0.6 is 0 Å². The van der Waals surface area contributed by atoms with Gasteiger partial charge in [0.15, 0.2) is 0 Å². The molecule has 1 aliphatic rings. The maximum absolute atomic E-state index is 13.7. The standard InChI is InChI=1S/C27H32N4O6/c1-5-16(2)25-26(35)30-21-12-11-19(28-17(3)32)13-20(21)27(36)31(25)15-23(33)29-22(14-24(34)37-4)18-9-7-6-8-10-18/h6-13,16,22,25H,5,14-15H2,1-4H3,(H,28,32)(H,29,33)(H,30,35)/t16-,22?,25-/m0/s1. The highest BCUT2D eigenvalue weighted by atomic mass is 16.5. The SMILES string of the molecule is CC[C@H](C)[C@H]1C(=O)Nc2ccc(NC(C)=O)cc2C(=O)N1CC(=O)NC(CC(=O)OC)c1ccccc1. The molecule has 4 amide bonds. The maximum Gasteiger partial charge on any atom is 0.307 e. The van der Waals surface area contributed by atoms with Gasteiger partial charge < -0.3 is 25.6 Å². The van der Waals surface area contributed by atoms with Gasteiger partial charge in [-0.1, -0.05) is 50.6 Å². The Balaban J connectivity index is 1.93. The van der Waals surface area contributed by atoms with Gasteiger partial charge in [-0.05, 0) is 29.7 Å². The smallest absolute Gasteiger partial charge is 0.307 e. The number of ether oxygens (including phenoxy) is 1. The average molecular weight is 509 g/mol. The molecule has 0 radical (unpaired) electrons. The number of rotatable bonds is 9. The first-order valence-corrected chi connectivity index (χ1v) is 12.1. The van der Waals surface area contributed by atoms with Gasteiger partial charge >= 0.3 is 5.97 Å². The summed E-state index contributed by atoms with van der Waals surface area (Å²) in [6, 6.07) is 12.0. The second-order valence-corrected chi connectivity index (χ2v) is 9.01. The second kappa shape index (κ2) is 12.2. The fraction of sp³-hybridized carbons (Fsp3) is 0.370. The van der Waals surface area contributed by atoms with Crippen molar-refractivity contribution >= 4 is 41.0 Å². The van der Waals surface area contributed by atoms with Gasteiger partial charge in [0.25, 0.3) is 5.91 Å². The molecule has 1 heterocycles. The highest BCUT2D eigenvalue weighted by molar-refractivity contribution is 6.11. The van der Waals surface area contributed by atoms with Crippen LogP contribution in [-0.2, 0) is 23.9 Å². The zero-order valence-corrected chi connectivity index (χ0v) is 21.4. The highest BCUT2D eigenvalue weighted by Gasteiger charge is 2.39. The van der Waals surface area contributed by atoms with E-state index in [2.05, 4.69) is 16.0 Å². The zero-order valence-electron chi connectivity index (χ0n) is 21.4. The van der Waals surface area contributed by atoms with Gasteiger partial charge in [0.1, 0.15) is 12.6 Å². The number of methoxy groups -OCH3 is 1. The molecule has 10 heteroatoms. The molecule has 2 aromatic carbocycles. The molecule has 3 rings (SSSR count). The summed E-state index contributed by atoms with van der Waals surface area (Å²) in [5.74, 6) is -2.52. The van der Waals surface area contributed by atoms with Gasteiger partial charge in [-0.3, -0.25) is 24.0 Å². The lowest BCUT2D eigenvalue weighted by Gasteiger charge is -2.32. The molecular weight excluding hydrogens is 476 g/mol. The van der Waals surface area contributed by atoms with Gasteiger partial charge in [-0.25, -0.2) is 0 Å². The van der Waals surface area contributed by atoms with Gasteiger partial charge in [-0.2, -0.15) is 0 Å². The third kappa shape index (κ3) is 6.72. The maximum atomic E-state index is 13.7. The first-order valence-electron chi connectivity index (χ1n) is 12.1. The fourth-order valence-electron chi connectivity index (χ4n) is 4.28. The van der Waals surface area contributed by atoms with Crippen LogP contribution in [-0.4, -0.2) is 54.2 Å². The number of hydrogen-bond donors (Lipinski definition) is 3. The van der Waals surface area contributed by atoms with Crippen LogP contribution in [0.15, 0.2) is 48.5 Å². The molecule has 3 atom stereocenters. The number of anilines is 2. The molecule has 0 aliphatic carbocycles. The third-order valence-electron chi connectivity index (χ3n) is 6.33. The molecule has 3 N–H and O–H groups in total. The van der Waals surface area contributed by atoms with Crippen molar-refractivity contribution in [3.8, 4) is 0 Å². The van der Waals surface area contributed by atoms with E-state index in [-0.39, 0.29) is 23.8 Å². The monoisotopic (exact) mass is 508 g/mol. The van der Waals surface area contributed by atoms with Gasteiger partial charge in [0.05, 0.1) is 30.8 Å². The summed E-state index contributed by atoms with van der Waals surface area (Å²) >= 11 is 0. The zero-order chi connectivity index (χ0) is 27.1. The molecule has 0 bridgehead atoms. The number of amides is 4. The minimum Gasteiger partial charge on any atom is -0.469 e. The normalized spacial score (nSPS) is 16.5. The van der Waals surface area contributed by atoms with Crippen molar-refractivity contribution in [2.75, 3.05) is 24.3 Å². The highest BCUT2D eigenvalue weighted by Crippen LogP contribution is 2.29. The van der Waals surface area contributed by atoms with Crippen LogP contribution in [0.3, 0.4) is 0 Å². The predicted molar refractivity (Wildman–Crippen MR) is 138 cm³/mol. The van der Waals surface area contributed by atoms with Crippen molar-refractivity contribution in [2.45, 2.75) is 45.7 Å². The van der Waals surface area contributed by atoms with Gasteiger partial charge in [0, 0.05) is 12.6 Å². The number of nitrogens with zero attached hydrogens (tertiary/aromatic N) is 1. The largest absolute Gasteiger partial charge is 0.469 e. The van der Waals surface area contributed by atoms with E-state index in [0.717, 1.165) is 0 Å². The summed E-state index contributed by atoms with van der Waals surface area (Å²) < 4.78 is 4.78. The van der Waals surface area contributed by atoms with Crippen LogP contribution < -0.4 is 16.0 Å². The molecule has 0 saturated carbocycles. The van der Waals surface area contributed by atoms with Crippen LogP contribution in [0.4, 0.5) is 11.4 Å². The lowest BCUT2D eigenvalue weighted by atomic mass is 9.96. The van der Waals surface area contributed by atoms with Gasteiger partial charge in [0.2, 0.25) is 17.7 Å². The Kier molecular flexibility index (Phi) is 9.00. The lowest BCUT2D eigenvalue weighted by molar-refractivity contribution is -0.141. The Morgan fingerprint density at radius 3 is 2.43 bits per heavy atom. The molecule has 0 fully saturated rings. The van der Waals surface area contributed by atoms with E-state index in [9.17, 15) is 24.0 Å². The predicted octanol–water partition coefficient (Wildman–Crippen LogP) is 2.87. The Morgan fingerprint density at radius 1 is 1.11 bits per heavy atom. The number of nitrogens with one attached hydrogen (secondary N) is 3. The van der Waals surface area contributed by atoms with E-state index in [1.807, 2.05) is 19.9 Å². The molecule has 10 nitrogen and oxygen atoms in total. The van der Waals surface area contributed by atoms with Crippen molar-refractivity contribution in [1.29, 1.82) is 0 Å². The molecule has 1 aliphatic heterocycles. The summed E-state index contributed by atoms with van der Waals surface area (Å²) in [5.41, 5.74) is 1.55. The average Bonchev–Trinajstić information content (AvgIpc) is 2.97. The molecule has 0 saturated heterocycles. The summed E-state index contributed by atoms with van der Waals surface area (Å²) in [6.07, 6.45) is 0.490. The quantitative estimate of drug-likeness (QED) is 0.446. The van der Waals surface area contributed by atoms with E-state index >= 15 is 0 Å². The van der Waals surface area contributed by atoms with Crippen molar-refractivity contribution in [2.24, 2.45) is 5.92 Å². The molecule has 2 aromatic rings. The first kappa shape index (κ1) is 27.4. The molecule has 0 aromatic heterocycles. The Hall–Kier alpha value is -4.21. The summed E-state index contributed by atoms with van der Waals surface area (Å²) in [4.78, 5) is 65.0. The molecule has 0 spiro atoms. The van der Waals surface area contributed by atoms with E-state index < -0.39 is 42.3 Å². The number of carbonyl (C=O) groups is 5. The van der Waals surface area contributed by atoms with Crippen LogP contribution in [0.2, 0.25) is 0 Å². The number of esters is 1. The number of carbonyl (C=O) groups excluding carboxylic acids is 5. The van der Waals surface area contributed by atoms with Crippen molar-refractivity contribution in [3.05, 3.63) is 59.7 Å². The third-order valence-corrected chi connectivity index (χ3v) is 6.33. The minimum atomic E-state index is -0.907. The summed E-state index contributed by atoms with van der Waals surface area (Å²) in [6.45, 7) is 4.68. The van der Waals surface area contributed by atoms with Crippen LogP contribution in [0.5, 0.6) is 0 Å². The van der Waals surface area contributed by atoms with E-state index in [4.69, 9.17) is 4.74 Å². The summed E-state index contributed by atoms with van der Waals surface area (Å²) in [5, 5.41) is 8.24. The Bertz CT molecular complexity index is 1180. The topological polar surface area (TPSA) is 134 Å². The molecule has 1 unspecified atom stereocenters. The minimum absolute atomic E-state index is 0.0988. The van der Waals surface area contributed by atoms with Crippen LogP contribution in [0.1, 0.15) is 55.6 Å². The molecule has 37 heavy (non-hydrogen) atoms.